The van der Waals surface area contributed by atoms with Crippen molar-refractivity contribution in [1.82, 2.24) is 15.1 Å². The second kappa shape index (κ2) is 9.61. The molecule has 3 N–H and O–H groups in total. The van der Waals surface area contributed by atoms with Crippen molar-refractivity contribution in [2.75, 3.05) is 0 Å². The Labute approximate surface area is 185 Å². The molecule has 7 nitrogen and oxygen atoms in total. The summed E-state index contributed by atoms with van der Waals surface area (Å²) in [7, 11) is 0. The number of primary amides is 1. The Morgan fingerprint density at radius 3 is 2.53 bits per heavy atom. The Morgan fingerprint density at radius 1 is 0.938 bits per heavy atom. The van der Waals surface area contributed by atoms with Gasteiger partial charge in [-0.1, -0.05) is 42.5 Å². The molecule has 32 heavy (non-hydrogen) atoms. The number of hydrogen-bond donors (Lipinski definition) is 2. The van der Waals surface area contributed by atoms with Crippen LogP contribution in [0.1, 0.15) is 31.8 Å². The van der Waals surface area contributed by atoms with Gasteiger partial charge in [0.1, 0.15) is 12.4 Å². The molecule has 0 spiro atoms. The van der Waals surface area contributed by atoms with Crippen LogP contribution in [0.2, 0.25) is 0 Å². The fourth-order valence-electron chi connectivity index (χ4n) is 3.22. The van der Waals surface area contributed by atoms with Gasteiger partial charge in [-0.3, -0.25) is 9.59 Å². The average Bonchev–Trinajstić information content (AvgIpc) is 3.31. The fraction of sp³-hybridized carbons (Fsp3) is 0.0800. The third kappa shape index (κ3) is 5.02. The van der Waals surface area contributed by atoms with E-state index in [1.54, 1.807) is 53.3 Å². The number of nitrogens with zero attached hydrogens (tertiary/aromatic N) is 2. The smallest absolute Gasteiger partial charge is 0.252 e. The van der Waals surface area contributed by atoms with Crippen LogP contribution >= 0.6 is 0 Å². The number of ether oxygens (including phenoxy) is 1. The number of nitrogens with one attached hydrogen (secondary N) is 1. The first-order valence-corrected chi connectivity index (χ1v) is 10.1. The Bertz CT molecular complexity index is 1230. The molecule has 0 unspecified atom stereocenters. The first-order valence-electron chi connectivity index (χ1n) is 10.1. The summed E-state index contributed by atoms with van der Waals surface area (Å²) in [6, 6.07) is 23.7. The molecule has 0 aliphatic carbocycles. The van der Waals surface area contributed by atoms with E-state index in [9.17, 15) is 9.59 Å². The van der Waals surface area contributed by atoms with Crippen molar-refractivity contribution in [3.8, 4) is 11.4 Å². The average molecular weight is 426 g/mol. The maximum Gasteiger partial charge on any atom is 0.252 e. The highest BCUT2D eigenvalue weighted by molar-refractivity contribution is 5.95. The third-order valence-corrected chi connectivity index (χ3v) is 4.85. The van der Waals surface area contributed by atoms with Crippen LogP contribution in [0, 0.1) is 0 Å². The van der Waals surface area contributed by atoms with Gasteiger partial charge in [-0.15, -0.1) is 0 Å². The van der Waals surface area contributed by atoms with E-state index in [2.05, 4.69) is 10.4 Å². The van der Waals surface area contributed by atoms with Gasteiger partial charge in [0, 0.05) is 23.9 Å². The largest absolute Gasteiger partial charge is 0.488 e. The lowest BCUT2D eigenvalue weighted by atomic mass is 10.1. The van der Waals surface area contributed by atoms with Crippen LogP contribution in [-0.4, -0.2) is 21.6 Å². The summed E-state index contributed by atoms with van der Waals surface area (Å²) < 4.78 is 7.52. The molecule has 3 aromatic carbocycles. The highest BCUT2D eigenvalue weighted by Gasteiger charge is 2.10. The lowest BCUT2D eigenvalue weighted by Gasteiger charge is -2.10. The Balaban J connectivity index is 1.37. The minimum atomic E-state index is -0.552. The van der Waals surface area contributed by atoms with Gasteiger partial charge in [-0.05, 0) is 42.0 Å². The lowest BCUT2D eigenvalue weighted by molar-refractivity contribution is 0.0949. The highest BCUT2D eigenvalue weighted by Crippen LogP contribution is 2.19. The SMILES string of the molecule is NC(=O)c1ccccc1OCc1cccc(C(=O)NCc2cnn(-c3ccccc3)c2)c1. The molecule has 0 aliphatic heterocycles. The normalized spacial score (nSPS) is 10.5. The van der Waals surface area contributed by atoms with E-state index in [4.69, 9.17) is 10.5 Å². The maximum atomic E-state index is 12.6. The summed E-state index contributed by atoms with van der Waals surface area (Å²) in [4.78, 5) is 24.2. The second-order valence-electron chi connectivity index (χ2n) is 7.16. The number of amides is 2. The molecular weight excluding hydrogens is 404 g/mol. The summed E-state index contributed by atoms with van der Waals surface area (Å²) >= 11 is 0. The number of aromatic nitrogens is 2. The lowest BCUT2D eigenvalue weighted by Crippen LogP contribution is -2.22. The molecular formula is C25H22N4O3. The van der Waals surface area contributed by atoms with Crippen molar-refractivity contribution in [3.05, 3.63) is 114 Å². The number of carbonyl (C=O) groups is 2. The zero-order valence-corrected chi connectivity index (χ0v) is 17.3. The highest BCUT2D eigenvalue weighted by atomic mass is 16.5. The molecule has 2 amide bonds. The molecule has 7 heteroatoms. The number of nitrogens with two attached hydrogens (primary N) is 1. The molecule has 0 saturated heterocycles. The summed E-state index contributed by atoms with van der Waals surface area (Å²) in [5.74, 6) is -0.341. The zero-order chi connectivity index (χ0) is 22.3. The Hall–Kier alpha value is -4.39. The topological polar surface area (TPSA) is 99.2 Å². The summed E-state index contributed by atoms with van der Waals surface area (Å²) in [6.45, 7) is 0.563. The molecule has 4 rings (SSSR count). The van der Waals surface area contributed by atoms with Crippen LogP contribution in [0.25, 0.3) is 5.69 Å². The number of hydrogen-bond acceptors (Lipinski definition) is 4. The van der Waals surface area contributed by atoms with Crippen molar-refractivity contribution in [2.45, 2.75) is 13.2 Å². The predicted octanol–water partition coefficient (Wildman–Crippen LogP) is 3.48. The van der Waals surface area contributed by atoms with Crippen LogP contribution in [0.5, 0.6) is 5.75 Å². The van der Waals surface area contributed by atoms with E-state index in [0.717, 1.165) is 16.8 Å². The van der Waals surface area contributed by atoms with Gasteiger partial charge >= 0.3 is 0 Å². The standard InChI is InChI=1S/C25H22N4O3/c26-24(30)22-11-4-5-12-23(22)32-17-18-7-6-8-20(13-18)25(31)27-14-19-15-28-29(16-19)21-9-2-1-3-10-21/h1-13,15-16H,14,17H2,(H2,26,30)(H,27,31). The van der Waals surface area contributed by atoms with E-state index in [1.807, 2.05) is 42.6 Å². The van der Waals surface area contributed by atoms with Gasteiger partial charge in [0.15, 0.2) is 0 Å². The van der Waals surface area contributed by atoms with Crippen LogP contribution < -0.4 is 15.8 Å². The molecule has 0 radical (unpaired) electrons. The second-order valence-corrected chi connectivity index (χ2v) is 7.16. The molecule has 1 heterocycles. The number of benzene rings is 3. The monoisotopic (exact) mass is 426 g/mol. The van der Waals surface area contributed by atoms with Crippen LogP contribution in [-0.2, 0) is 13.2 Å². The van der Waals surface area contributed by atoms with E-state index in [0.29, 0.717) is 23.4 Å². The van der Waals surface area contributed by atoms with E-state index in [-0.39, 0.29) is 12.5 Å². The molecule has 160 valence electrons. The van der Waals surface area contributed by atoms with E-state index in [1.165, 1.54) is 0 Å². The zero-order valence-electron chi connectivity index (χ0n) is 17.3. The van der Waals surface area contributed by atoms with Crippen molar-refractivity contribution in [1.29, 1.82) is 0 Å². The first-order chi connectivity index (χ1) is 15.6. The number of carbonyl (C=O) groups excluding carboxylic acids is 2. The van der Waals surface area contributed by atoms with Crippen molar-refractivity contribution in [3.63, 3.8) is 0 Å². The molecule has 0 bridgehead atoms. The molecule has 0 fully saturated rings. The molecule has 1 aromatic heterocycles. The van der Waals surface area contributed by atoms with Crippen molar-refractivity contribution >= 4 is 11.8 Å². The van der Waals surface area contributed by atoms with Crippen LogP contribution in [0.15, 0.2) is 91.3 Å². The fourth-order valence-corrected chi connectivity index (χ4v) is 3.22. The molecule has 0 saturated carbocycles. The third-order valence-electron chi connectivity index (χ3n) is 4.85. The minimum absolute atomic E-state index is 0.197. The van der Waals surface area contributed by atoms with Crippen LogP contribution in [0.3, 0.4) is 0 Å². The van der Waals surface area contributed by atoms with Crippen LogP contribution in [0.4, 0.5) is 0 Å². The van der Waals surface area contributed by atoms with E-state index >= 15 is 0 Å². The molecule has 4 aromatic rings. The molecule has 0 atom stereocenters. The van der Waals surface area contributed by atoms with Gasteiger partial charge in [0.05, 0.1) is 17.4 Å². The van der Waals surface area contributed by atoms with Crippen molar-refractivity contribution < 1.29 is 14.3 Å². The van der Waals surface area contributed by atoms with Gasteiger partial charge in [0.2, 0.25) is 0 Å². The Morgan fingerprint density at radius 2 is 1.72 bits per heavy atom. The quantitative estimate of drug-likeness (QED) is 0.451. The summed E-state index contributed by atoms with van der Waals surface area (Å²) in [5, 5.41) is 7.25. The first kappa shape index (κ1) is 20.9. The van der Waals surface area contributed by atoms with E-state index < -0.39 is 5.91 Å². The summed E-state index contributed by atoms with van der Waals surface area (Å²) in [6.07, 6.45) is 3.61. The van der Waals surface area contributed by atoms with Gasteiger partial charge in [-0.2, -0.15) is 5.10 Å². The Kier molecular flexibility index (Phi) is 6.27. The van der Waals surface area contributed by atoms with Gasteiger partial charge in [-0.25, -0.2) is 4.68 Å². The molecule has 0 aliphatic rings. The maximum absolute atomic E-state index is 12.6. The minimum Gasteiger partial charge on any atom is -0.488 e. The van der Waals surface area contributed by atoms with Crippen molar-refractivity contribution in [2.24, 2.45) is 5.73 Å². The van der Waals surface area contributed by atoms with Gasteiger partial charge in [0.25, 0.3) is 11.8 Å². The predicted molar refractivity (Wildman–Crippen MR) is 120 cm³/mol. The number of para-hydroxylation sites is 2. The number of rotatable bonds is 8. The van der Waals surface area contributed by atoms with Gasteiger partial charge < -0.3 is 15.8 Å². The summed E-state index contributed by atoms with van der Waals surface area (Å²) in [5.41, 5.74) is 8.87.